The van der Waals surface area contributed by atoms with Gasteiger partial charge >= 0.3 is 0 Å². The van der Waals surface area contributed by atoms with Gasteiger partial charge in [-0.2, -0.15) is 0 Å². The Morgan fingerprint density at radius 3 is 2.29 bits per heavy atom. The van der Waals surface area contributed by atoms with Crippen LogP contribution in [0.5, 0.6) is 0 Å². The summed E-state index contributed by atoms with van der Waals surface area (Å²) < 4.78 is 0. The van der Waals surface area contributed by atoms with Gasteiger partial charge in [0.15, 0.2) is 0 Å². The number of carbonyl (C=O) groups is 2. The van der Waals surface area contributed by atoms with E-state index in [1.807, 2.05) is 23.6 Å². The van der Waals surface area contributed by atoms with E-state index in [0.29, 0.717) is 18.4 Å². The van der Waals surface area contributed by atoms with Gasteiger partial charge in [-0.3, -0.25) is 9.59 Å². The minimum absolute atomic E-state index is 0.0535. The van der Waals surface area contributed by atoms with Crippen molar-refractivity contribution < 1.29 is 9.59 Å². The van der Waals surface area contributed by atoms with Gasteiger partial charge < -0.3 is 9.80 Å². The lowest BCUT2D eigenvalue weighted by molar-refractivity contribution is -0.138. The normalized spacial score (nSPS) is 32.6. The standard InChI is InChI=1S/C17H28N2O2/c1-12(2)16(20)18-6-3-7-19(9-8-18)17(21)15-11-13-4-5-14(15)10-13/h12-15H,3-11H2,1-2H3/t13-,14-,15+/m1/s1. The first-order valence-electron chi connectivity index (χ1n) is 8.64. The molecule has 3 atom stereocenters. The molecule has 0 radical (unpaired) electrons. The van der Waals surface area contributed by atoms with Gasteiger partial charge in [-0.15, -0.1) is 0 Å². The lowest BCUT2D eigenvalue weighted by Gasteiger charge is -2.28. The van der Waals surface area contributed by atoms with E-state index in [1.54, 1.807) is 0 Å². The van der Waals surface area contributed by atoms with Gasteiger partial charge in [0.05, 0.1) is 0 Å². The number of hydrogen-bond donors (Lipinski definition) is 0. The topological polar surface area (TPSA) is 40.6 Å². The Morgan fingerprint density at radius 2 is 1.67 bits per heavy atom. The van der Waals surface area contributed by atoms with Gasteiger partial charge in [-0.05, 0) is 37.5 Å². The molecule has 118 valence electrons. The van der Waals surface area contributed by atoms with Gasteiger partial charge in [0, 0.05) is 38.0 Å². The Bertz CT molecular complexity index is 421. The molecular weight excluding hydrogens is 264 g/mol. The molecule has 0 unspecified atom stereocenters. The first kappa shape index (κ1) is 14.9. The quantitative estimate of drug-likeness (QED) is 0.782. The van der Waals surface area contributed by atoms with E-state index in [-0.39, 0.29) is 17.7 Å². The SMILES string of the molecule is CC(C)C(=O)N1CCCN(C(=O)[C@H]2C[C@@H]3CC[C@@H]2C3)CC1. The molecule has 3 aliphatic rings. The van der Waals surface area contributed by atoms with Crippen LogP contribution in [0.15, 0.2) is 0 Å². The Labute approximate surface area is 127 Å². The summed E-state index contributed by atoms with van der Waals surface area (Å²) in [4.78, 5) is 28.9. The first-order valence-corrected chi connectivity index (χ1v) is 8.64. The maximum Gasteiger partial charge on any atom is 0.226 e. The van der Waals surface area contributed by atoms with E-state index in [0.717, 1.165) is 38.4 Å². The predicted molar refractivity (Wildman–Crippen MR) is 81.6 cm³/mol. The largest absolute Gasteiger partial charge is 0.341 e. The summed E-state index contributed by atoms with van der Waals surface area (Å²) in [5.74, 6) is 2.41. The molecule has 21 heavy (non-hydrogen) atoms. The van der Waals surface area contributed by atoms with Crippen LogP contribution in [0.4, 0.5) is 0 Å². The maximum absolute atomic E-state index is 12.8. The Kier molecular flexibility index (Phi) is 4.23. The van der Waals surface area contributed by atoms with Gasteiger partial charge in [0.1, 0.15) is 0 Å². The van der Waals surface area contributed by atoms with Crippen LogP contribution in [0.3, 0.4) is 0 Å². The van der Waals surface area contributed by atoms with E-state index < -0.39 is 0 Å². The zero-order valence-corrected chi connectivity index (χ0v) is 13.4. The monoisotopic (exact) mass is 292 g/mol. The molecule has 3 rings (SSSR count). The van der Waals surface area contributed by atoms with Crippen molar-refractivity contribution in [3.63, 3.8) is 0 Å². The fourth-order valence-electron chi connectivity index (χ4n) is 4.51. The zero-order chi connectivity index (χ0) is 15.0. The van der Waals surface area contributed by atoms with E-state index >= 15 is 0 Å². The molecule has 1 aliphatic heterocycles. The summed E-state index contributed by atoms with van der Waals surface area (Å²) in [6.07, 6.45) is 5.92. The average Bonchev–Trinajstić information content (AvgIpc) is 3.01. The second-order valence-corrected chi connectivity index (χ2v) is 7.44. The summed E-state index contributed by atoms with van der Waals surface area (Å²) in [7, 11) is 0. The molecule has 0 aromatic heterocycles. The highest BCUT2D eigenvalue weighted by Gasteiger charge is 2.44. The molecule has 2 aliphatic carbocycles. The number of carbonyl (C=O) groups excluding carboxylic acids is 2. The summed E-state index contributed by atoms with van der Waals surface area (Å²) in [6.45, 7) is 6.97. The molecule has 0 spiro atoms. The summed E-state index contributed by atoms with van der Waals surface area (Å²) in [5, 5.41) is 0. The third-order valence-corrected chi connectivity index (χ3v) is 5.67. The summed E-state index contributed by atoms with van der Waals surface area (Å²) >= 11 is 0. The molecule has 2 bridgehead atoms. The van der Waals surface area contributed by atoms with Gasteiger partial charge in [0.2, 0.25) is 11.8 Å². The lowest BCUT2D eigenvalue weighted by Crippen LogP contribution is -2.41. The van der Waals surface area contributed by atoms with Crippen molar-refractivity contribution >= 4 is 11.8 Å². The van der Waals surface area contributed by atoms with Crippen molar-refractivity contribution in [2.75, 3.05) is 26.2 Å². The zero-order valence-electron chi connectivity index (χ0n) is 13.4. The van der Waals surface area contributed by atoms with Crippen LogP contribution in [0.2, 0.25) is 0 Å². The van der Waals surface area contributed by atoms with Gasteiger partial charge in [-0.25, -0.2) is 0 Å². The number of fused-ring (bicyclic) bond motifs is 2. The fraction of sp³-hybridized carbons (Fsp3) is 0.882. The van der Waals surface area contributed by atoms with Crippen molar-refractivity contribution in [3.8, 4) is 0 Å². The number of amides is 2. The smallest absolute Gasteiger partial charge is 0.226 e. The molecule has 0 aromatic rings. The second-order valence-electron chi connectivity index (χ2n) is 7.44. The van der Waals surface area contributed by atoms with Crippen molar-refractivity contribution in [2.24, 2.45) is 23.7 Å². The van der Waals surface area contributed by atoms with Crippen LogP contribution >= 0.6 is 0 Å². The molecule has 0 N–H and O–H groups in total. The van der Waals surface area contributed by atoms with Crippen molar-refractivity contribution in [1.29, 1.82) is 0 Å². The van der Waals surface area contributed by atoms with Crippen LogP contribution in [0.25, 0.3) is 0 Å². The molecule has 1 saturated heterocycles. The minimum Gasteiger partial charge on any atom is -0.341 e. The highest BCUT2D eigenvalue weighted by molar-refractivity contribution is 5.80. The molecule has 0 aromatic carbocycles. The minimum atomic E-state index is 0.0535. The molecule has 4 nitrogen and oxygen atoms in total. The van der Waals surface area contributed by atoms with Crippen LogP contribution in [0.1, 0.15) is 46.0 Å². The third-order valence-electron chi connectivity index (χ3n) is 5.67. The van der Waals surface area contributed by atoms with Crippen molar-refractivity contribution in [1.82, 2.24) is 9.80 Å². The van der Waals surface area contributed by atoms with E-state index in [1.165, 1.54) is 19.3 Å². The van der Waals surface area contributed by atoms with Crippen molar-refractivity contribution in [3.05, 3.63) is 0 Å². The third kappa shape index (κ3) is 2.95. The van der Waals surface area contributed by atoms with Crippen LogP contribution in [-0.2, 0) is 9.59 Å². The van der Waals surface area contributed by atoms with Gasteiger partial charge in [-0.1, -0.05) is 20.3 Å². The summed E-state index contributed by atoms with van der Waals surface area (Å²) in [6, 6.07) is 0. The molecule has 2 saturated carbocycles. The van der Waals surface area contributed by atoms with Crippen LogP contribution in [-0.4, -0.2) is 47.8 Å². The van der Waals surface area contributed by atoms with E-state index in [9.17, 15) is 9.59 Å². The van der Waals surface area contributed by atoms with E-state index in [2.05, 4.69) is 0 Å². The first-order chi connectivity index (χ1) is 10.1. The van der Waals surface area contributed by atoms with Gasteiger partial charge in [0.25, 0.3) is 0 Å². The Balaban J connectivity index is 1.57. The molecule has 3 fully saturated rings. The van der Waals surface area contributed by atoms with E-state index in [4.69, 9.17) is 0 Å². The highest BCUT2D eigenvalue weighted by atomic mass is 16.2. The molecule has 2 amide bonds. The number of nitrogens with zero attached hydrogens (tertiary/aromatic N) is 2. The fourth-order valence-corrected chi connectivity index (χ4v) is 4.51. The Morgan fingerprint density at radius 1 is 0.952 bits per heavy atom. The number of rotatable bonds is 2. The molecule has 1 heterocycles. The maximum atomic E-state index is 12.8. The highest BCUT2D eigenvalue weighted by Crippen LogP contribution is 2.48. The predicted octanol–water partition coefficient (Wildman–Crippen LogP) is 2.14. The van der Waals surface area contributed by atoms with Crippen molar-refractivity contribution in [2.45, 2.75) is 46.0 Å². The average molecular weight is 292 g/mol. The number of hydrogen-bond acceptors (Lipinski definition) is 2. The second kappa shape index (κ2) is 5.98. The Hall–Kier alpha value is -1.06. The molecule has 4 heteroatoms. The van der Waals surface area contributed by atoms with Crippen LogP contribution in [0, 0.1) is 23.7 Å². The molecular formula is C17H28N2O2. The lowest BCUT2D eigenvalue weighted by atomic mass is 9.87. The summed E-state index contributed by atoms with van der Waals surface area (Å²) in [5.41, 5.74) is 0. The van der Waals surface area contributed by atoms with Crippen LogP contribution < -0.4 is 0 Å².